The van der Waals surface area contributed by atoms with E-state index in [0.29, 0.717) is 11.5 Å². The van der Waals surface area contributed by atoms with Crippen molar-refractivity contribution in [1.29, 1.82) is 0 Å². The second kappa shape index (κ2) is 9.35. The molecule has 1 fully saturated rings. The van der Waals surface area contributed by atoms with Gasteiger partial charge < -0.3 is 19.3 Å². The summed E-state index contributed by atoms with van der Waals surface area (Å²) in [5.41, 5.74) is 0.500. The van der Waals surface area contributed by atoms with Crippen LogP contribution in [0, 0.1) is 16.0 Å². The van der Waals surface area contributed by atoms with Gasteiger partial charge in [-0.2, -0.15) is 0 Å². The zero-order valence-electron chi connectivity index (χ0n) is 15.0. The first-order valence-electron chi connectivity index (χ1n) is 8.49. The normalized spacial score (nSPS) is 15.8. The maximum Gasteiger partial charge on any atom is 0.376 e. The maximum absolute atomic E-state index is 11.3. The topological polar surface area (TPSA) is 102 Å². The van der Waals surface area contributed by atoms with E-state index in [0.717, 1.165) is 25.9 Å². The molecule has 0 radical (unpaired) electrons. The van der Waals surface area contributed by atoms with Gasteiger partial charge in [-0.05, 0) is 50.3 Å². The van der Waals surface area contributed by atoms with Crippen LogP contribution in [0.1, 0.15) is 18.4 Å². The molecule has 0 bridgehead atoms. The SMILES string of the molecule is COC(=O)COc1ccc(/C=C\C2CCN(B(C)O)CC2)cc1[N+](=O)[O-]. The van der Waals surface area contributed by atoms with Crippen LogP contribution in [-0.4, -0.2) is 54.6 Å². The minimum atomic E-state index is -0.605. The summed E-state index contributed by atoms with van der Waals surface area (Å²) in [7, 11) is 0.791. The number of hydrogen-bond donors (Lipinski definition) is 1. The molecule has 0 atom stereocenters. The summed E-state index contributed by atoms with van der Waals surface area (Å²) in [6, 6.07) is 4.62. The van der Waals surface area contributed by atoms with Gasteiger partial charge in [0, 0.05) is 6.07 Å². The van der Waals surface area contributed by atoms with Crippen molar-refractivity contribution in [3.63, 3.8) is 0 Å². The van der Waals surface area contributed by atoms with Crippen molar-refractivity contribution in [3.05, 3.63) is 40.0 Å². The third kappa shape index (κ3) is 5.57. The summed E-state index contributed by atoms with van der Waals surface area (Å²) in [4.78, 5) is 23.9. The standard InChI is InChI=1S/C17H23BN2O6/c1-18(22)19-9-7-13(8-10-19)3-4-14-5-6-16(15(11-14)20(23)24)26-12-17(21)25-2/h3-6,11,13,22H,7-10,12H2,1-2H3/b4-3-. The molecule has 1 saturated heterocycles. The van der Waals surface area contributed by atoms with E-state index in [1.54, 1.807) is 12.9 Å². The molecule has 2 rings (SSSR count). The van der Waals surface area contributed by atoms with Gasteiger partial charge in [-0.25, -0.2) is 4.79 Å². The molecule has 8 nitrogen and oxygen atoms in total. The van der Waals surface area contributed by atoms with E-state index in [9.17, 15) is 19.9 Å². The van der Waals surface area contributed by atoms with E-state index in [1.807, 2.05) is 17.0 Å². The number of benzene rings is 1. The number of piperidine rings is 1. The molecule has 1 aliphatic rings. The molecule has 1 heterocycles. The van der Waals surface area contributed by atoms with Crippen molar-refractivity contribution in [2.75, 3.05) is 26.8 Å². The van der Waals surface area contributed by atoms with Crippen LogP contribution in [0.25, 0.3) is 6.08 Å². The summed E-state index contributed by atoms with van der Waals surface area (Å²) in [6.07, 6.45) is 5.78. The Morgan fingerprint density at radius 1 is 1.46 bits per heavy atom. The van der Waals surface area contributed by atoms with E-state index in [4.69, 9.17) is 4.74 Å². The van der Waals surface area contributed by atoms with Gasteiger partial charge in [0.15, 0.2) is 12.4 Å². The zero-order valence-corrected chi connectivity index (χ0v) is 15.0. The lowest BCUT2D eigenvalue weighted by molar-refractivity contribution is -0.385. The van der Waals surface area contributed by atoms with Gasteiger partial charge >= 0.3 is 18.7 Å². The van der Waals surface area contributed by atoms with Crippen LogP contribution in [0.4, 0.5) is 5.69 Å². The zero-order chi connectivity index (χ0) is 19.1. The number of esters is 1. The van der Waals surface area contributed by atoms with Gasteiger partial charge in [0.05, 0.1) is 12.0 Å². The Labute approximate surface area is 152 Å². The van der Waals surface area contributed by atoms with E-state index in [1.165, 1.54) is 19.2 Å². The number of methoxy groups -OCH3 is 1. The molecule has 0 amide bonds. The minimum absolute atomic E-state index is 0.0304. The van der Waals surface area contributed by atoms with Crippen molar-refractivity contribution in [3.8, 4) is 5.75 Å². The Kier molecular flexibility index (Phi) is 7.17. The van der Waals surface area contributed by atoms with Crippen LogP contribution >= 0.6 is 0 Å². The molecule has 0 saturated carbocycles. The fraction of sp³-hybridized carbons (Fsp3) is 0.471. The third-order valence-corrected chi connectivity index (χ3v) is 4.42. The highest BCUT2D eigenvalue weighted by molar-refractivity contribution is 6.45. The largest absolute Gasteiger partial charge is 0.475 e. The van der Waals surface area contributed by atoms with E-state index < -0.39 is 17.9 Å². The van der Waals surface area contributed by atoms with Crippen molar-refractivity contribution >= 4 is 24.8 Å². The fourth-order valence-corrected chi connectivity index (χ4v) is 2.83. The van der Waals surface area contributed by atoms with Crippen LogP contribution in [0.2, 0.25) is 6.82 Å². The highest BCUT2D eigenvalue weighted by Crippen LogP contribution is 2.29. The molecule has 9 heteroatoms. The summed E-state index contributed by atoms with van der Waals surface area (Å²) in [5.74, 6) is -0.200. The van der Waals surface area contributed by atoms with Crippen molar-refractivity contribution in [2.24, 2.45) is 5.92 Å². The first-order valence-corrected chi connectivity index (χ1v) is 8.49. The molecular formula is C17H23BN2O6. The van der Waals surface area contributed by atoms with Gasteiger partial charge in [-0.3, -0.25) is 10.1 Å². The highest BCUT2D eigenvalue weighted by atomic mass is 16.6. The lowest BCUT2D eigenvalue weighted by Crippen LogP contribution is -2.42. The number of nitrogens with zero attached hydrogens (tertiary/aromatic N) is 2. The smallest absolute Gasteiger partial charge is 0.376 e. The third-order valence-electron chi connectivity index (χ3n) is 4.42. The predicted molar refractivity (Wildman–Crippen MR) is 97.8 cm³/mol. The summed E-state index contributed by atoms with van der Waals surface area (Å²) >= 11 is 0. The molecule has 1 aromatic rings. The summed E-state index contributed by atoms with van der Waals surface area (Å²) < 4.78 is 9.63. The highest BCUT2D eigenvalue weighted by Gasteiger charge is 2.22. The average Bonchev–Trinajstić information content (AvgIpc) is 2.64. The number of carbonyl (C=O) groups is 1. The first-order chi connectivity index (χ1) is 12.4. The second-order valence-corrected chi connectivity index (χ2v) is 6.21. The van der Waals surface area contributed by atoms with E-state index in [2.05, 4.69) is 4.74 Å². The molecule has 0 aliphatic carbocycles. The lowest BCUT2D eigenvalue weighted by Gasteiger charge is -2.31. The quantitative estimate of drug-likeness (QED) is 0.342. The number of ether oxygens (including phenoxy) is 2. The Morgan fingerprint density at radius 2 is 2.15 bits per heavy atom. The van der Waals surface area contributed by atoms with Crippen LogP contribution in [-0.2, 0) is 9.53 Å². The van der Waals surface area contributed by atoms with Gasteiger partial charge in [-0.1, -0.05) is 18.2 Å². The number of nitro groups is 1. The molecular weight excluding hydrogens is 339 g/mol. The van der Waals surface area contributed by atoms with Crippen LogP contribution in [0.15, 0.2) is 24.3 Å². The number of rotatable bonds is 7. The monoisotopic (exact) mass is 362 g/mol. The Bertz CT molecular complexity index is 671. The molecule has 26 heavy (non-hydrogen) atoms. The van der Waals surface area contributed by atoms with Crippen LogP contribution in [0.3, 0.4) is 0 Å². The van der Waals surface area contributed by atoms with Crippen LogP contribution < -0.4 is 4.74 Å². The number of carbonyl (C=O) groups excluding carboxylic acids is 1. The average molecular weight is 362 g/mol. The summed E-state index contributed by atoms with van der Waals surface area (Å²) in [6.45, 7) is 3.04. The van der Waals surface area contributed by atoms with Gasteiger partial charge in [0.25, 0.3) is 0 Å². The Hall–Kier alpha value is -2.39. The molecule has 140 valence electrons. The predicted octanol–water partition coefficient (Wildman–Crippen LogP) is 1.98. The maximum atomic E-state index is 11.3. The molecule has 1 N–H and O–H groups in total. The lowest BCUT2D eigenvalue weighted by atomic mass is 9.81. The van der Waals surface area contributed by atoms with Crippen molar-refractivity contribution in [2.45, 2.75) is 19.7 Å². The second-order valence-electron chi connectivity index (χ2n) is 6.21. The van der Waals surface area contributed by atoms with Gasteiger partial charge in [0.2, 0.25) is 0 Å². The molecule has 1 aromatic carbocycles. The van der Waals surface area contributed by atoms with E-state index >= 15 is 0 Å². The van der Waals surface area contributed by atoms with Gasteiger partial charge in [-0.15, -0.1) is 0 Å². The van der Waals surface area contributed by atoms with E-state index in [-0.39, 0.29) is 18.0 Å². The Balaban J connectivity index is 2.02. The van der Waals surface area contributed by atoms with Crippen molar-refractivity contribution < 1.29 is 24.2 Å². The number of hydrogen-bond acceptors (Lipinski definition) is 7. The molecule has 1 aliphatic heterocycles. The molecule has 0 unspecified atom stereocenters. The van der Waals surface area contributed by atoms with Crippen molar-refractivity contribution in [1.82, 2.24) is 4.81 Å². The molecule has 0 aromatic heterocycles. The molecule has 0 spiro atoms. The Morgan fingerprint density at radius 3 is 2.73 bits per heavy atom. The number of allylic oxidation sites excluding steroid dienone is 1. The van der Waals surface area contributed by atoms with Crippen LogP contribution in [0.5, 0.6) is 5.75 Å². The minimum Gasteiger partial charge on any atom is -0.475 e. The first kappa shape index (κ1) is 19.9. The van der Waals surface area contributed by atoms with Gasteiger partial charge in [0.1, 0.15) is 0 Å². The summed E-state index contributed by atoms with van der Waals surface area (Å²) in [5, 5.41) is 20.8. The fourth-order valence-electron chi connectivity index (χ4n) is 2.83. The number of nitro benzene ring substituents is 1.